The Morgan fingerprint density at radius 2 is 1.94 bits per heavy atom. The Labute approximate surface area is 109 Å². The quantitative estimate of drug-likeness (QED) is 0.809. The average Bonchev–Trinajstić information content (AvgIpc) is 2.25. The van der Waals surface area contributed by atoms with Crippen LogP contribution in [0.2, 0.25) is 0 Å². The minimum absolute atomic E-state index is 0.0379. The van der Waals surface area contributed by atoms with Crippen molar-refractivity contribution in [2.24, 2.45) is 5.41 Å². The highest BCUT2D eigenvalue weighted by atomic mass is 16.2. The summed E-state index contributed by atoms with van der Waals surface area (Å²) in [4.78, 5) is 13.3. The van der Waals surface area contributed by atoms with Gasteiger partial charge in [0.15, 0.2) is 0 Å². The Morgan fingerprint density at radius 1 is 1.33 bits per heavy atom. The molecule has 100 valence electrons. The highest BCUT2D eigenvalue weighted by Gasteiger charge is 2.12. The molecule has 4 heteroatoms. The van der Waals surface area contributed by atoms with Crippen molar-refractivity contribution >= 4 is 17.3 Å². The molecule has 1 aromatic rings. The lowest BCUT2D eigenvalue weighted by molar-refractivity contribution is 0.0827. The second-order valence-electron chi connectivity index (χ2n) is 5.92. The molecule has 0 fully saturated rings. The third-order valence-corrected chi connectivity index (χ3v) is 2.51. The topological polar surface area (TPSA) is 58.4 Å². The van der Waals surface area contributed by atoms with E-state index < -0.39 is 0 Å². The minimum atomic E-state index is -0.0379. The smallest absolute Gasteiger partial charge is 0.253 e. The van der Waals surface area contributed by atoms with E-state index in [0.717, 1.165) is 12.2 Å². The van der Waals surface area contributed by atoms with Crippen molar-refractivity contribution in [1.82, 2.24) is 4.90 Å². The molecule has 1 amide bonds. The van der Waals surface area contributed by atoms with Crippen molar-refractivity contribution in [2.45, 2.75) is 20.8 Å². The molecule has 0 heterocycles. The first-order valence-electron chi connectivity index (χ1n) is 6.06. The van der Waals surface area contributed by atoms with Crippen LogP contribution in [0, 0.1) is 5.41 Å². The third kappa shape index (κ3) is 3.95. The Kier molecular flexibility index (Phi) is 4.22. The predicted molar refractivity (Wildman–Crippen MR) is 76.8 cm³/mol. The Bertz CT molecular complexity index is 433. The van der Waals surface area contributed by atoms with Crippen LogP contribution in [0.5, 0.6) is 0 Å². The van der Waals surface area contributed by atoms with Gasteiger partial charge in [0.1, 0.15) is 0 Å². The summed E-state index contributed by atoms with van der Waals surface area (Å²) < 4.78 is 0. The van der Waals surface area contributed by atoms with Gasteiger partial charge in [0.05, 0.1) is 11.4 Å². The molecule has 0 saturated carbocycles. The van der Waals surface area contributed by atoms with Gasteiger partial charge in [-0.3, -0.25) is 4.79 Å². The largest absolute Gasteiger partial charge is 0.397 e. The summed E-state index contributed by atoms with van der Waals surface area (Å²) in [7, 11) is 3.45. The molecule has 0 saturated heterocycles. The van der Waals surface area contributed by atoms with Crippen LogP contribution < -0.4 is 11.1 Å². The lowest BCUT2D eigenvalue weighted by atomic mass is 9.97. The van der Waals surface area contributed by atoms with E-state index in [1.807, 2.05) is 6.07 Å². The summed E-state index contributed by atoms with van der Waals surface area (Å²) in [6.07, 6.45) is 0. The number of carbonyl (C=O) groups excluding carboxylic acids is 1. The van der Waals surface area contributed by atoms with Crippen LogP contribution in [0.15, 0.2) is 18.2 Å². The van der Waals surface area contributed by atoms with Gasteiger partial charge in [0.2, 0.25) is 0 Å². The van der Waals surface area contributed by atoms with Gasteiger partial charge in [-0.1, -0.05) is 20.8 Å². The van der Waals surface area contributed by atoms with Crippen molar-refractivity contribution < 1.29 is 4.79 Å². The average molecular weight is 249 g/mol. The van der Waals surface area contributed by atoms with Crippen LogP contribution in [0.25, 0.3) is 0 Å². The summed E-state index contributed by atoms with van der Waals surface area (Å²) >= 11 is 0. The minimum Gasteiger partial charge on any atom is -0.397 e. The van der Waals surface area contributed by atoms with Gasteiger partial charge in [0, 0.05) is 26.2 Å². The summed E-state index contributed by atoms with van der Waals surface area (Å²) in [6.45, 7) is 7.29. The Hall–Kier alpha value is -1.71. The SMILES string of the molecule is CN(C)C(=O)c1ccc(NCC(C)(C)C)c(N)c1. The fraction of sp³-hybridized carbons (Fsp3) is 0.500. The van der Waals surface area contributed by atoms with E-state index in [1.54, 1.807) is 26.2 Å². The number of benzene rings is 1. The van der Waals surface area contributed by atoms with E-state index in [2.05, 4.69) is 26.1 Å². The lowest BCUT2D eigenvalue weighted by Gasteiger charge is -2.21. The highest BCUT2D eigenvalue weighted by Crippen LogP contribution is 2.22. The first kappa shape index (κ1) is 14.4. The number of nitrogens with one attached hydrogen (secondary N) is 1. The monoisotopic (exact) mass is 249 g/mol. The number of hydrogen-bond acceptors (Lipinski definition) is 3. The van der Waals surface area contributed by atoms with Gasteiger partial charge in [-0.05, 0) is 23.6 Å². The molecule has 0 spiro atoms. The number of carbonyl (C=O) groups is 1. The Morgan fingerprint density at radius 3 is 2.39 bits per heavy atom. The highest BCUT2D eigenvalue weighted by molar-refractivity contribution is 5.95. The molecule has 18 heavy (non-hydrogen) atoms. The normalized spacial score (nSPS) is 11.2. The predicted octanol–water partition coefficient (Wildman–Crippen LogP) is 2.43. The van der Waals surface area contributed by atoms with Gasteiger partial charge in [0.25, 0.3) is 5.91 Å². The fourth-order valence-electron chi connectivity index (χ4n) is 1.48. The number of nitrogens with zero attached hydrogens (tertiary/aromatic N) is 1. The van der Waals surface area contributed by atoms with Crippen LogP contribution >= 0.6 is 0 Å². The maximum atomic E-state index is 11.8. The van der Waals surface area contributed by atoms with E-state index in [0.29, 0.717) is 11.3 Å². The number of nitrogen functional groups attached to an aromatic ring is 1. The second-order valence-corrected chi connectivity index (χ2v) is 5.92. The van der Waals surface area contributed by atoms with E-state index in [9.17, 15) is 4.79 Å². The molecule has 0 bridgehead atoms. The summed E-state index contributed by atoms with van der Waals surface area (Å²) in [5, 5.41) is 3.30. The molecule has 0 aliphatic carbocycles. The number of anilines is 2. The van der Waals surface area contributed by atoms with E-state index in [1.165, 1.54) is 4.90 Å². The zero-order valence-electron chi connectivity index (χ0n) is 11.9. The number of rotatable bonds is 3. The van der Waals surface area contributed by atoms with Gasteiger partial charge in [-0.15, -0.1) is 0 Å². The van der Waals surface area contributed by atoms with Crippen molar-refractivity contribution in [3.05, 3.63) is 23.8 Å². The van der Waals surface area contributed by atoms with Crippen molar-refractivity contribution in [1.29, 1.82) is 0 Å². The number of amides is 1. The number of hydrogen-bond donors (Lipinski definition) is 2. The molecule has 0 aliphatic heterocycles. The van der Waals surface area contributed by atoms with Gasteiger partial charge in [-0.2, -0.15) is 0 Å². The molecule has 0 aromatic heterocycles. The zero-order valence-corrected chi connectivity index (χ0v) is 11.9. The maximum absolute atomic E-state index is 11.8. The summed E-state index contributed by atoms with van der Waals surface area (Å²) in [5.41, 5.74) is 8.23. The number of nitrogens with two attached hydrogens (primary N) is 1. The third-order valence-electron chi connectivity index (χ3n) is 2.51. The molecule has 0 radical (unpaired) electrons. The van der Waals surface area contributed by atoms with Crippen LogP contribution in [0.1, 0.15) is 31.1 Å². The summed E-state index contributed by atoms with van der Waals surface area (Å²) in [6, 6.07) is 5.37. The molecule has 0 unspecified atom stereocenters. The van der Waals surface area contributed by atoms with Crippen molar-refractivity contribution in [2.75, 3.05) is 31.7 Å². The molecule has 1 aromatic carbocycles. The lowest BCUT2D eigenvalue weighted by Crippen LogP contribution is -2.22. The van der Waals surface area contributed by atoms with E-state index in [-0.39, 0.29) is 11.3 Å². The van der Waals surface area contributed by atoms with Crippen molar-refractivity contribution in [3.8, 4) is 0 Å². The zero-order chi connectivity index (χ0) is 13.9. The molecule has 0 aliphatic rings. The second kappa shape index (κ2) is 5.29. The molecular formula is C14H23N3O. The van der Waals surface area contributed by atoms with Crippen LogP contribution in [0.3, 0.4) is 0 Å². The van der Waals surface area contributed by atoms with E-state index in [4.69, 9.17) is 5.73 Å². The maximum Gasteiger partial charge on any atom is 0.253 e. The molecule has 3 N–H and O–H groups in total. The van der Waals surface area contributed by atoms with Gasteiger partial charge in [-0.25, -0.2) is 0 Å². The first-order chi connectivity index (χ1) is 8.20. The summed E-state index contributed by atoms with van der Waals surface area (Å²) in [5.74, 6) is -0.0379. The van der Waals surface area contributed by atoms with Crippen LogP contribution in [-0.4, -0.2) is 31.4 Å². The molecule has 0 atom stereocenters. The van der Waals surface area contributed by atoms with Gasteiger partial charge < -0.3 is 16.0 Å². The standard InChI is InChI=1S/C14H23N3O/c1-14(2,3)9-16-12-7-6-10(8-11(12)15)13(18)17(4)5/h6-8,16H,9,15H2,1-5H3. The molecule has 1 rings (SSSR count). The van der Waals surface area contributed by atoms with E-state index >= 15 is 0 Å². The fourth-order valence-corrected chi connectivity index (χ4v) is 1.48. The van der Waals surface area contributed by atoms with Crippen LogP contribution in [0.4, 0.5) is 11.4 Å². The van der Waals surface area contributed by atoms with Gasteiger partial charge >= 0.3 is 0 Å². The van der Waals surface area contributed by atoms with Crippen molar-refractivity contribution in [3.63, 3.8) is 0 Å². The first-order valence-corrected chi connectivity index (χ1v) is 6.06. The molecule has 4 nitrogen and oxygen atoms in total. The Balaban J connectivity index is 2.83. The van der Waals surface area contributed by atoms with Crippen LogP contribution in [-0.2, 0) is 0 Å². The molecular weight excluding hydrogens is 226 g/mol.